The van der Waals surface area contributed by atoms with E-state index in [2.05, 4.69) is 12.2 Å². The van der Waals surface area contributed by atoms with Crippen LogP contribution in [0.5, 0.6) is 5.75 Å². The van der Waals surface area contributed by atoms with Crippen LogP contribution in [0.3, 0.4) is 0 Å². The summed E-state index contributed by atoms with van der Waals surface area (Å²) in [4.78, 5) is 0. The van der Waals surface area contributed by atoms with Gasteiger partial charge >= 0.3 is 0 Å². The lowest BCUT2D eigenvalue weighted by atomic mass is 10.1. The van der Waals surface area contributed by atoms with Gasteiger partial charge in [-0.15, -0.1) is 0 Å². The number of methoxy groups -OCH3 is 2. The molecule has 1 aromatic carbocycles. The molecule has 5 nitrogen and oxygen atoms in total. The minimum Gasteiger partial charge on any atom is -0.493 e. The second-order valence-corrected chi connectivity index (χ2v) is 5.11. The Kier molecular flexibility index (Phi) is 5.20. The summed E-state index contributed by atoms with van der Waals surface area (Å²) in [5.41, 5.74) is 1.50. The lowest BCUT2D eigenvalue weighted by molar-refractivity contribution is -0.223. The van der Waals surface area contributed by atoms with Gasteiger partial charge in [-0.2, -0.15) is 0 Å². The monoisotopic (exact) mass is 292 g/mol. The van der Waals surface area contributed by atoms with Crippen molar-refractivity contribution in [3.63, 3.8) is 0 Å². The van der Waals surface area contributed by atoms with Gasteiger partial charge in [0.2, 0.25) is 0 Å². The maximum absolute atomic E-state index is 8.03. The number of ether oxygens (including phenoxy) is 3. The molecule has 2 N–H and O–H groups in total. The molecule has 0 saturated heterocycles. The number of hydrogen-bond acceptors (Lipinski definition) is 4. The number of rotatable bonds is 8. The van der Waals surface area contributed by atoms with E-state index in [1.807, 2.05) is 18.2 Å². The van der Waals surface area contributed by atoms with E-state index in [0.29, 0.717) is 12.4 Å². The second kappa shape index (κ2) is 6.91. The van der Waals surface area contributed by atoms with Gasteiger partial charge in [0.25, 0.3) is 5.91 Å². The highest BCUT2D eigenvalue weighted by Gasteiger charge is 2.45. The number of amidine groups is 1. The SMILES string of the molecule is CCCCCCOc1cccc2c1C(OC)(OC)NC2=N. The van der Waals surface area contributed by atoms with Gasteiger partial charge in [0.1, 0.15) is 11.6 Å². The Morgan fingerprint density at radius 1 is 1.14 bits per heavy atom. The van der Waals surface area contributed by atoms with Gasteiger partial charge in [-0.3, -0.25) is 5.41 Å². The average Bonchev–Trinajstić information content (AvgIpc) is 2.81. The van der Waals surface area contributed by atoms with E-state index in [0.717, 1.165) is 17.5 Å². The molecule has 0 bridgehead atoms. The summed E-state index contributed by atoms with van der Waals surface area (Å²) in [5.74, 6) is -0.139. The molecule has 1 aliphatic heterocycles. The first kappa shape index (κ1) is 15.8. The van der Waals surface area contributed by atoms with Crippen molar-refractivity contribution >= 4 is 5.84 Å². The van der Waals surface area contributed by atoms with E-state index in [9.17, 15) is 0 Å². The van der Waals surface area contributed by atoms with Crippen molar-refractivity contribution in [3.8, 4) is 5.75 Å². The van der Waals surface area contributed by atoms with Gasteiger partial charge in [0, 0.05) is 19.8 Å². The van der Waals surface area contributed by atoms with E-state index in [-0.39, 0.29) is 5.84 Å². The molecule has 0 amide bonds. The molecule has 0 saturated carbocycles. The van der Waals surface area contributed by atoms with Crippen molar-refractivity contribution in [2.24, 2.45) is 0 Å². The van der Waals surface area contributed by atoms with Crippen LogP contribution in [0.2, 0.25) is 0 Å². The lowest BCUT2D eigenvalue weighted by Gasteiger charge is -2.28. The summed E-state index contributed by atoms with van der Waals surface area (Å²) in [6.45, 7) is 2.85. The summed E-state index contributed by atoms with van der Waals surface area (Å²) < 4.78 is 16.9. The van der Waals surface area contributed by atoms with Crippen LogP contribution in [-0.4, -0.2) is 26.7 Å². The Bertz CT molecular complexity index is 498. The molecule has 0 aromatic heterocycles. The van der Waals surface area contributed by atoms with Crippen molar-refractivity contribution in [1.82, 2.24) is 5.32 Å². The maximum Gasteiger partial charge on any atom is 0.282 e. The highest BCUT2D eigenvalue weighted by atomic mass is 16.7. The van der Waals surface area contributed by atoms with E-state index in [1.54, 1.807) is 14.2 Å². The molecule has 0 fully saturated rings. The van der Waals surface area contributed by atoms with E-state index < -0.39 is 5.91 Å². The van der Waals surface area contributed by atoms with E-state index >= 15 is 0 Å². The van der Waals surface area contributed by atoms with Gasteiger partial charge in [-0.05, 0) is 12.5 Å². The number of nitrogens with one attached hydrogen (secondary N) is 2. The predicted molar refractivity (Wildman–Crippen MR) is 81.7 cm³/mol. The molecule has 21 heavy (non-hydrogen) atoms. The summed E-state index contributed by atoms with van der Waals surface area (Å²) >= 11 is 0. The Labute approximate surface area is 126 Å². The van der Waals surface area contributed by atoms with E-state index in [4.69, 9.17) is 19.6 Å². The standard InChI is InChI=1S/C16H24N2O3/c1-4-5-6-7-11-21-13-10-8-9-12-14(13)16(19-2,20-3)18-15(12)17/h8-10H,4-7,11H2,1-3H3,(H2,17,18). The minimum absolute atomic E-state index is 0.283. The Balaban J connectivity index is 2.19. The van der Waals surface area contributed by atoms with Gasteiger partial charge < -0.3 is 19.5 Å². The van der Waals surface area contributed by atoms with Gasteiger partial charge in [0.15, 0.2) is 0 Å². The van der Waals surface area contributed by atoms with Crippen LogP contribution in [-0.2, 0) is 15.4 Å². The normalized spacial score (nSPS) is 15.7. The largest absolute Gasteiger partial charge is 0.493 e. The van der Waals surface area contributed by atoms with Gasteiger partial charge in [-0.25, -0.2) is 0 Å². The summed E-state index contributed by atoms with van der Waals surface area (Å²) in [7, 11) is 3.10. The average molecular weight is 292 g/mol. The van der Waals surface area contributed by atoms with Crippen LogP contribution in [0.15, 0.2) is 18.2 Å². The second-order valence-electron chi connectivity index (χ2n) is 5.11. The summed E-state index contributed by atoms with van der Waals surface area (Å²) in [5, 5.41) is 11.0. The molecule has 1 aliphatic rings. The third-order valence-corrected chi connectivity index (χ3v) is 3.74. The van der Waals surface area contributed by atoms with Crippen LogP contribution in [0.1, 0.15) is 43.7 Å². The van der Waals surface area contributed by atoms with Crippen molar-refractivity contribution in [1.29, 1.82) is 5.41 Å². The first-order valence-corrected chi connectivity index (χ1v) is 7.42. The molecular formula is C16H24N2O3. The van der Waals surface area contributed by atoms with Crippen molar-refractivity contribution in [3.05, 3.63) is 29.3 Å². The molecule has 1 heterocycles. The predicted octanol–water partition coefficient (Wildman–Crippen LogP) is 2.98. The fourth-order valence-electron chi connectivity index (χ4n) is 2.59. The fraction of sp³-hybridized carbons (Fsp3) is 0.562. The van der Waals surface area contributed by atoms with Gasteiger partial charge in [0.05, 0.1) is 12.2 Å². The molecule has 0 unspecified atom stereocenters. The number of fused-ring (bicyclic) bond motifs is 1. The first-order chi connectivity index (χ1) is 10.2. The lowest BCUT2D eigenvalue weighted by Crippen LogP contribution is -2.43. The number of benzene rings is 1. The highest BCUT2D eigenvalue weighted by molar-refractivity contribution is 6.02. The van der Waals surface area contributed by atoms with E-state index in [1.165, 1.54) is 19.3 Å². The molecule has 5 heteroatoms. The van der Waals surface area contributed by atoms with Crippen LogP contribution in [0, 0.1) is 5.41 Å². The molecule has 1 aromatic rings. The van der Waals surface area contributed by atoms with Crippen LogP contribution < -0.4 is 10.1 Å². The van der Waals surface area contributed by atoms with Crippen LogP contribution in [0.4, 0.5) is 0 Å². The zero-order valence-electron chi connectivity index (χ0n) is 13.0. The Hall–Kier alpha value is -1.59. The van der Waals surface area contributed by atoms with Crippen LogP contribution in [0.25, 0.3) is 0 Å². The quantitative estimate of drug-likeness (QED) is 0.571. The topological polar surface area (TPSA) is 63.6 Å². The molecule has 0 radical (unpaired) electrons. The fourth-order valence-corrected chi connectivity index (χ4v) is 2.59. The van der Waals surface area contributed by atoms with Gasteiger partial charge in [-0.1, -0.05) is 38.3 Å². The zero-order valence-corrected chi connectivity index (χ0v) is 13.0. The summed E-state index contributed by atoms with van der Waals surface area (Å²) in [6, 6.07) is 5.65. The third kappa shape index (κ3) is 3.04. The molecule has 116 valence electrons. The molecule has 0 atom stereocenters. The first-order valence-electron chi connectivity index (χ1n) is 7.42. The van der Waals surface area contributed by atoms with Crippen LogP contribution >= 0.6 is 0 Å². The third-order valence-electron chi connectivity index (χ3n) is 3.74. The summed E-state index contributed by atoms with van der Waals surface area (Å²) in [6.07, 6.45) is 4.62. The minimum atomic E-state index is -1.13. The van der Waals surface area contributed by atoms with Crippen molar-refractivity contribution in [2.75, 3.05) is 20.8 Å². The Morgan fingerprint density at radius 3 is 2.57 bits per heavy atom. The molecule has 2 rings (SSSR count). The number of unbranched alkanes of at least 4 members (excludes halogenated alkanes) is 3. The smallest absolute Gasteiger partial charge is 0.282 e. The van der Waals surface area contributed by atoms with Crippen molar-refractivity contribution in [2.45, 2.75) is 38.5 Å². The molecule has 0 aliphatic carbocycles. The zero-order chi connectivity index (χ0) is 15.3. The molecule has 0 spiro atoms. The Morgan fingerprint density at radius 2 is 1.90 bits per heavy atom. The van der Waals surface area contributed by atoms with Crippen molar-refractivity contribution < 1.29 is 14.2 Å². The number of hydrogen-bond donors (Lipinski definition) is 2. The molecular weight excluding hydrogens is 268 g/mol. The maximum atomic E-state index is 8.03. The highest BCUT2D eigenvalue weighted by Crippen LogP contribution is 2.39.